The quantitative estimate of drug-likeness (QED) is 0.572. The summed E-state index contributed by atoms with van der Waals surface area (Å²) >= 11 is 0. The standard InChI is InChI=1S/C24H28F3N3/c1-16-5-4-11-23(2,3)20(16)15-30-12-10-21-18(14-30)13-28-22(29-21)17-6-8-19(9-7-17)24(25,26)27/h6-9,13H,4-5,10-12,14-15H2,1-3H3. The molecule has 2 aliphatic rings. The van der Waals surface area contributed by atoms with E-state index in [0.717, 1.165) is 49.4 Å². The third-order valence-corrected chi connectivity index (χ3v) is 6.55. The predicted octanol–water partition coefficient (Wildman–Crippen LogP) is 6.05. The SMILES string of the molecule is CC1=C(CN2CCc3nc(-c4ccc(C(F)(F)F)cc4)ncc3C2)C(C)(C)CCC1. The van der Waals surface area contributed by atoms with Crippen LogP contribution in [-0.4, -0.2) is 28.0 Å². The number of hydrogen-bond donors (Lipinski definition) is 0. The molecule has 2 heterocycles. The molecule has 1 aromatic carbocycles. The molecule has 0 fully saturated rings. The second-order valence-electron chi connectivity index (χ2n) is 9.20. The minimum atomic E-state index is -4.33. The molecule has 6 heteroatoms. The van der Waals surface area contributed by atoms with Crippen molar-refractivity contribution < 1.29 is 13.2 Å². The van der Waals surface area contributed by atoms with E-state index in [1.807, 2.05) is 6.20 Å². The highest BCUT2D eigenvalue weighted by Crippen LogP contribution is 2.40. The molecule has 160 valence electrons. The van der Waals surface area contributed by atoms with E-state index in [0.29, 0.717) is 11.4 Å². The number of halogens is 3. The molecule has 0 unspecified atom stereocenters. The molecular weight excluding hydrogens is 387 g/mol. The fourth-order valence-electron chi connectivity index (χ4n) is 4.70. The van der Waals surface area contributed by atoms with Gasteiger partial charge in [-0.25, -0.2) is 9.97 Å². The molecule has 2 aromatic rings. The lowest BCUT2D eigenvalue weighted by atomic mass is 9.72. The lowest BCUT2D eigenvalue weighted by molar-refractivity contribution is -0.137. The van der Waals surface area contributed by atoms with Gasteiger partial charge in [0.2, 0.25) is 0 Å². The lowest BCUT2D eigenvalue weighted by Crippen LogP contribution is -2.36. The minimum absolute atomic E-state index is 0.256. The first-order valence-electron chi connectivity index (χ1n) is 10.6. The Morgan fingerprint density at radius 2 is 1.83 bits per heavy atom. The smallest absolute Gasteiger partial charge is 0.295 e. The molecular formula is C24H28F3N3. The van der Waals surface area contributed by atoms with Crippen LogP contribution in [0.1, 0.15) is 56.9 Å². The first-order chi connectivity index (χ1) is 14.1. The highest BCUT2D eigenvalue weighted by atomic mass is 19.4. The summed E-state index contributed by atoms with van der Waals surface area (Å²) in [6, 6.07) is 5.06. The Kier molecular flexibility index (Phi) is 5.47. The van der Waals surface area contributed by atoms with Gasteiger partial charge in [-0.15, -0.1) is 0 Å². The van der Waals surface area contributed by atoms with E-state index < -0.39 is 11.7 Å². The molecule has 1 aliphatic heterocycles. The molecule has 0 saturated heterocycles. The number of allylic oxidation sites excluding steroid dienone is 1. The Labute approximate surface area is 176 Å². The summed E-state index contributed by atoms with van der Waals surface area (Å²) < 4.78 is 38.4. The molecule has 1 aromatic heterocycles. The zero-order valence-electron chi connectivity index (χ0n) is 17.8. The summed E-state index contributed by atoms with van der Waals surface area (Å²) in [4.78, 5) is 11.6. The molecule has 4 rings (SSSR count). The Hall–Kier alpha value is -2.21. The van der Waals surface area contributed by atoms with Crippen LogP contribution in [0.3, 0.4) is 0 Å². The summed E-state index contributed by atoms with van der Waals surface area (Å²) in [6.45, 7) is 9.70. The number of fused-ring (bicyclic) bond motifs is 1. The third kappa shape index (κ3) is 4.29. The van der Waals surface area contributed by atoms with Crippen LogP contribution in [0.25, 0.3) is 11.4 Å². The molecule has 0 atom stereocenters. The van der Waals surface area contributed by atoms with Gasteiger partial charge in [0.1, 0.15) is 0 Å². The van der Waals surface area contributed by atoms with Crippen LogP contribution in [0, 0.1) is 5.41 Å². The number of nitrogens with zero attached hydrogens (tertiary/aromatic N) is 3. The van der Waals surface area contributed by atoms with E-state index in [1.54, 1.807) is 5.57 Å². The van der Waals surface area contributed by atoms with E-state index in [9.17, 15) is 13.2 Å². The van der Waals surface area contributed by atoms with Crippen LogP contribution in [0.5, 0.6) is 0 Å². The zero-order chi connectivity index (χ0) is 21.5. The fraction of sp³-hybridized carbons (Fsp3) is 0.500. The van der Waals surface area contributed by atoms with Crippen LogP contribution >= 0.6 is 0 Å². The van der Waals surface area contributed by atoms with Crippen LogP contribution in [0.2, 0.25) is 0 Å². The monoisotopic (exact) mass is 415 g/mol. The van der Waals surface area contributed by atoms with Crippen molar-refractivity contribution in [2.75, 3.05) is 13.1 Å². The average molecular weight is 416 g/mol. The molecule has 3 nitrogen and oxygen atoms in total. The predicted molar refractivity (Wildman–Crippen MR) is 112 cm³/mol. The van der Waals surface area contributed by atoms with Gasteiger partial charge in [0.15, 0.2) is 5.82 Å². The molecule has 0 bridgehead atoms. The van der Waals surface area contributed by atoms with E-state index in [-0.39, 0.29) is 5.41 Å². The number of aromatic nitrogens is 2. The van der Waals surface area contributed by atoms with E-state index >= 15 is 0 Å². The third-order valence-electron chi connectivity index (χ3n) is 6.55. The molecule has 0 N–H and O–H groups in total. The average Bonchev–Trinajstić information content (AvgIpc) is 2.70. The van der Waals surface area contributed by atoms with Crippen molar-refractivity contribution in [3.05, 3.63) is 58.4 Å². The lowest BCUT2D eigenvalue weighted by Gasteiger charge is -2.38. The Morgan fingerprint density at radius 1 is 1.10 bits per heavy atom. The molecule has 0 spiro atoms. The zero-order valence-corrected chi connectivity index (χ0v) is 17.8. The van der Waals surface area contributed by atoms with Gasteiger partial charge in [0.25, 0.3) is 0 Å². The maximum Gasteiger partial charge on any atom is 0.416 e. The summed E-state index contributed by atoms with van der Waals surface area (Å²) in [5.74, 6) is 0.489. The van der Waals surface area contributed by atoms with Gasteiger partial charge < -0.3 is 0 Å². The van der Waals surface area contributed by atoms with Crippen LogP contribution < -0.4 is 0 Å². The van der Waals surface area contributed by atoms with Gasteiger partial charge in [-0.2, -0.15) is 13.2 Å². The van der Waals surface area contributed by atoms with Gasteiger partial charge in [0, 0.05) is 43.4 Å². The van der Waals surface area contributed by atoms with Crippen molar-refractivity contribution in [2.24, 2.45) is 5.41 Å². The summed E-state index contributed by atoms with van der Waals surface area (Å²) in [6.07, 6.45) is 2.05. The fourth-order valence-corrected chi connectivity index (χ4v) is 4.70. The van der Waals surface area contributed by atoms with E-state index in [1.165, 1.54) is 37.0 Å². The van der Waals surface area contributed by atoms with Crippen molar-refractivity contribution in [2.45, 2.75) is 59.2 Å². The molecule has 1 aliphatic carbocycles. The van der Waals surface area contributed by atoms with Crippen molar-refractivity contribution in [3.8, 4) is 11.4 Å². The normalized spacial score (nSPS) is 19.7. The van der Waals surface area contributed by atoms with Gasteiger partial charge >= 0.3 is 6.18 Å². The molecule has 0 saturated carbocycles. The largest absolute Gasteiger partial charge is 0.416 e. The Bertz CT molecular complexity index is 959. The highest BCUT2D eigenvalue weighted by Gasteiger charge is 2.31. The first kappa shape index (κ1) is 21.0. The van der Waals surface area contributed by atoms with Crippen molar-refractivity contribution >= 4 is 0 Å². The second-order valence-corrected chi connectivity index (χ2v) is 9.20. The maximum absolute atomic E-state index is 12.8. The van der Waals surface area contributed by atoms with Crippen LogP contribution in [0.4, 0.5) is 13.2 Å². The van der Waals surface area contributed by atoms with Crippen LogP contribution in [0.15, 0.2) is 41.6 Å². The van der Waals surface area contributed by atoms with Gasteiger partial charge in [-0.3, -0.25) is 4.90 Å². The maximum atomic E-state index is 12.8. The first-order valence-corrected chi connectivity index (χ1v) is 10.6. The Morgan fingerprint density at radius 3 is 2.50 bits per heavy atom. The molecule has 30 heavy (non-hydrogen) atoms. The number of rotatable bonds is 3. The summed E-state index contributed by atoms with van der Waals surface area (Å²) in [5, 5.41) is 0. The molecule has 0 amide bonds. The van der Waals surface area contributed by atoms with Gasteiger partial charge in [-0.05, 0) is 43.7 Å². The van der Waals surface area contributed by atoms with Gasteiger partial charge in [-0.1, -0.05) is 37.1 Å². The van der Waals surface area contributed by atoms with Crippen molar-refractivity contribution in [1.82, 2.24) is 14.9 Å². The van der Waals surface area contributed by atoms with Crippen molar-refractivity contribution in [3.63, 3.8) is 0 Å². The van der Waals surface area contributed by atoms with E-state index in [2.05, 4.69) is 35.6 Å². The highest BCUT2D eigenvalue weighted by molar-refractivity contribution is 5.56. The number of alkyl halides is 3. The van der Waals surface area contributed by atoms with E-state index in [4.69, 9.17) is 0 Å². The number of hydrogen-bond acceptors (Lipinski definition) is 3. The van der Waals surface area contributed by atoms with Gasteiger partial charge in [0.05, 0.1) is 11.3 Å². The Balaban J connectivity index is 1.50. The number of benzene rings is 1. The van der Waals surface area contributed by atoms with Crippen molar-refractivity contribution in [1.29, 1.82) is 0 Å². The van der Waals surface area contributed by atoms with Crippen LogP contribution in [-0.2, 0) is 19.1 Å². The second kappa shape index (κ2) is 7.80. The minimum Gasteiger partial charge on any atom is -0.295 e. The summed E-state index contributed by atoms with van der Waals surface area (Å²) in [7, 11) is 0. The summed E-state index contributed by atoms with van der Waals surface area (Å²) in [5.41, 5.74) is 5.43. The topological polar surface area (TPSA) is 29.0 Å². The molecule has 0 radical (unpaired) electrons.